The van der Waals surface area contributed by atoms with E-state index >= 15 is 0 Å². The second-order valence-electron chi connectivity index (χ2n) is 4.55. The molecule has 1 aromatic carbocycles. The van der Waals surface area contributed by atoms with Crippen molar-refractivity contribution in [2.45, 2.75) is 26.3 Å². The summed E-state index contributed by atoms with van der Waals surface area (Å²) in [5, 5.41) is 0.640. The number of benzene rings is 1. The van der Waals surface area contributed by atoms with Crippen LogP contribution in [0.25, 0.3) is 0 Å². The van der Waals surface area contributed by atoms with Crippen molar-refractivity contribution in [3.8, 4) is 0 Å². The minimum absolute atomic E-state index is 0.146. The van der Waals surface area contributed by atoms with Gasteiger partial charge in [0.2, 0.25) is 0 Å². The number of nitrogens with one attached hydrogen (secondary N) is 2. The highest BCUT2D eigenvalue weighted by atomic mass is 35.5. The molecule has 6 heteroatoms. The van der Waals surface area contributed by atoms with Crippen LogP contribution in [0, 0.1) is 0 Å². The summed E-state index contributed by atoms with van der Waals surface area (Å²) in [6.45, 7) is 5.76. The molecule has 0 saturated heterocycles. The first-order valence-corrected chi connectivity index (χ1v) is 6.07. The number of hydrogen-bond acceptors (Lipinski definition) is 2. The molecule has 2 N–H and O–H groups in total. The highest BCUT2D eigenvalue weighted by molar-refractivity contribution is 6.49. The van der Waals surface area contributed by atoms with Gasteiger partial charge in [-0.05, 0) is 32.9 Å². The van der Waals surface area contributed by atoms with Crippen molar-refractivity contribution in [3.63, 3.8) is 0 Å². The van der Waals surface area contributed by atoms with Crippen LogP contribution < -0.4 is 10.9 Å². The average molecular weight is 296 g/mol. The number of carbonyl (C=O) groups is 1. The fourth-order valence-electron chi connectivity index (χ4n) is 1.01. The van der Waals surface area contributed by atoms with Gasteiger partial charge in [-0.2, -0.15) is 0 Å². The molecule has 0 aliphatic carbocycles. The van der Waals surface area contributed by atoms with Gasteiger partial charge in [0.15, 0.2) is 0 Å². The third kappa shape index (κ3) is 4.03. The molecule has 17 heavy (non-hydrogen) atoms. The largest absolute Gasteiger partial charge is 0.287 e. The van der Waals surface area contributed by atoms with Gasteiger partial charge in [-0.15, -0.1) is 0 Å². The van der Waals surface area contributed by atoms with Crippen LogP contribution in [-0.4, -0.2) is 11.4 Å². The van der Waals surface area contributed by atoms with Crippen LogP contribution in [-0.2, 0) is 0 Å². The maximum atomic E-state index is 11.8. The molecule has 0 atom stereocenters. The van der Waals surface area contributed by atoms with Crippen molar-refractivity contribution in [2.75, 3.05) is 0 Å². The van der Waals surface area contributed by atoms with Gasteiger partial charge in [0.1, 0.15) is 0 Å². The minimum Gasteiger partial charge on any atom is -0.287 e. The normalized spacial score (nSPS) is 11.4. The third-order valence-electron chi connectivity index (χ3n) is 1.83. The van der Waals surface area contributed by atoms with Crippen LogP contribution >= 0.6 is 34.8 Å². The Morgan fingerprint density at radius 3 is 2.24 bits per heavy atom. The van der Waals surface area contributed by atoms with E-state index in [0.29, 0.717) is 5.02 Å². The number of amides is 1. The number of halogens is 3. The summed E-state index contributed by atoms with van der Waals surface area (Å²) >= 11 is 17.6. The quantitative estimate of drug-likeness (QED) is 0.645. The Balaban J connectivity index is 2.87. The number of hydrazine groups is 1. The fraction of sp³-hybridized carbons (Fsp3) is 0.364. The molecule has 0 fully saturated rings. The van der Waals surface area contributed by atoms with E-state index < -0.39 is 0 Å². The zero-order valence-corrected chi connectivity index (χ0v) is 12.0. The standard InChI is InChI=1S/C11H13Cl3N2O/c1-11(2,3)16-15-10(17)6-4-5-7(12)9(14)8(6)13/h4-5,16H,1-3H3,(H,15,17). The lowest BCUT2D eigenvalue weighted by Gasteiger charge is -2.21. The molecular weight excluding hydrogens is 282 g/mol. The van der Waals surface area contributed by atoms with E-state index in [1.54, 1.807) is 0 Å². The van der Waals surface area contributed by atoms with Gasteiger partial charge >= 0.3 is 0 Å². The number of carbonyl (C=O) groups excluding carboxylic acids is 1. The molecule has 94 valence electrons. The van der Waals surface area contributed by atoms with Crippen molar-refractivity contribution in [1.82, 2.24) is 10.9 Å². The smallest absolute Gasteiger partial charge is 0.266 e. The zero-order valence-electron chi connectivity index (χ0n) is 9.70. The molecule has 0 unspecified atom stereocenters. The summed E-state index contributed by atoms with van der Waals surface area (Å²) in [5.41, 5.74) is 5.44. The Labute approximate surface area is 115 Å². The van der Waals surface area contributed by atoms with E-state index in [1.807, 2.05) is 20.8 Å². The first kappa shape index (κ1) is 14.6. The summed E-state index contributed by atoms with van der Waals surface area (Å²) in [6, 6.07) is 3.05. The molecule has 0 aromatic heterocycles. The first-order valence-electron chi connectivity index (χ1n) is 4.93. The maximum Gasteiger partial charge on any atom is 0.266 e. The molecule has 0 spiro atoms. The van der Waals surface area contributed by atoms with E-state index in [2.05, 4.69) is 10.9 Å². The minimum atomic E-state index is -0.358. The van der Waals surface area contributed by atoms with Gasteiger partial charge in [-0.3, -0.25) is 10.2 Å². The fourth-order valence-corrected chi connectivity index (χ4v) is 1.63. The highest BCUT2D eigenvalue weighted by Gasteiger charge is 2.17. The third-order valence-corrected chi connectivity index (χ3v) is 3.12. The van der Waals surface area contributed by atoms with E-state index in [1.165, 1.54) is 12.1 Å². The second kappa shape index (κ2) is 5.44. The van der Waals surface area contributed by atoms with Crippen LogP contribution in [0.1, 0.15) is 31.1 Å². The van der Waals surface area contributed by atoms with Gasteiger partial charge in [0.25, 0.3) is 5.91 Å². The van der Waals surface area contributed by atoms with Crippen molar-refractivity contribution in [1.29, 1.82) is 0 Å². The summed E-state index contributed by atoms with van der Waals surface area (Å²) in [4.78, 5) is 11.8. The van der Waals surface area contributed by atoms with Gasteiger partial charge in [-0.1, -0.05) is 34.8 Å². The molecule has 1 aromatic rings. The molecule has 0 aliphatic heterocycles. The van der Waals surface area contributed by atoms with Gasteiger partial charge in [0.05, 0.1) is 20.6 Å². The van der Waals surface area contributed by atoms with Crippen LogP contribution in [0.5, 0.6) is 0 Å². The van der Waals surface area contributed by atoms with E-state index in [9.17, 15) is 4.79 Å². The zero-order chi connectivity index (χ0) is 13.2. The van der Waals surface area contributed by atoms with Gasteiger partial charge < -0.3 is 0 Å². The van der Waals surface area contributed by atoms with Gasteiger partial charge in [0, 0.05) is 5.54 Å². The lowest BCUT2D eigenvalue weighted by Crippen LogP contribution is -2.48. The molecule has 3 nitrogen and oxygen atoms in total. The Morgan fingerprint density at radius 2 is 1.71 bits per heavy atom. The predicted octanol–water partition coefficient (Wildman–Crippen LogP) is 3.68. The maximum absolute atomic E-state index is 11.8. The summed E-state index contributed by atoms with van der Waals surface area (Å²) in [5.74, 6) is -0.358. The SMILES string of the molecule is CC(C)(C)NNC(=O)c1ccc(Cl)c(Cl)c1Cl. The van der Waals surface area contributed by atoms with Crippen LogP contribution in [0.15, 0.2) is 12.1 Å². The predicted molar refractivity (Wildman–Crippen MR) is 71.8 cm³/mol. The molecule has 0 aliphatic rings. The average Bonchev–Trinajstić information content (AvgIpc) is 2.22. The number of hydrogen-bond donors (Lipinski definition) is 2. The molecule has 0 bridgehead atoms. The molecule has 0 radical (unpaired) electrons. The first-order chi connectivity index (χ1) is 7.72. The summed E-state index contributed by atoms with van der Waals surface area (Å²) < 4.78 is 0. The van der Waals surface area contributed by atoms with Crippen LogP contribution in [0.4, 0.5) is 0 Å². The van der Waals surface area contributed by atoms with Crippen LogP contribution in [0.2, 0.25) is 15.1 Å². The van der Waals surface area contributed by atoms with Gasteiger partial charge in [-0.25, -0.2) is 5.43 Å². The molecule has 1 rings (SSSR count). The molecule has 0 saturated carbocycles. The Hall–Kier alpha value is -0.480. The lowest BCUT2D eigenvalue weighted by atomic mass is 10.1. The second-order valence-corrected chi connectivity index (χ2v) is 5.72. The van der Waals surface area contributed by atoms with Crippen molar-refractivity contribution < 1.29 is 4.79 Å². The van der Waals surface area contributed by atoms with Crippen molar-refractivity contribution >= 4 is 40.7 Å². The van der Waals surface area contributed by atoms with Crippen molar-refractivity contribution in [2.24, 2.45) is 0 Å². The Morgan fingerprint density at radius 1 is 1.12 bits per heavy atom. The summed E-state index contributed by atoms with van der Waals surface area (Å²) in [6.07, 6.45) is 0. The Bertz CT molecular complexity index is 441. The molecular formula is C11H13Cl3N2O. The van der Waals surface area contributed by atoms with Crippen LogP contribution in [0.3, 0.4) is 0 Å². The number of rotatable bonds is 2. The van der Waals surface area contributed by atoms with E-state index in [-0.39, 0.29) is 27.1 Å². The molecule has 0 heterocycles. The van der Waals surface area contributed by atoms with Crippen molar-refractivity contribution in [3.05, 3.63) is 32.8 Å². The van der Waals surface area contributed by atoms with E-state index in [0.717, 1.165) is 0 Å². The van der Waals surface area contributed by atoms with E-state index in [4.69, 9.17) is 34.8 Å². The highest BCUT2D eigenvalue weighted by Crippen LogP contribution is 2.32. The monoisotopic (exact) mass is 294 g/mol. The topological polar surface area (TPSA) is 41.1 Å². The Kier molecular flexibility index (Phi) is 4.67. The lowest BCUT2D eigenvalue weighted by molar-refractivity contribution is 0.0914. The summed E-state index contributed by atoms with van der Waals surface area (Å²) in [7, 11) is 0. The molecule has 1 amide bonds.